The standard InChI is InChI=1S/C23H25OP/c1-17-15-18(2)23(24-4)19(3)22(17)16-25(20-11-7-5-8-12-20)21-13-9-6-10-14-21/h5-15H,16H2,1-4H3. The molecule has 0 heterocycles. The van der Waals surface area contributed by atoms with Gasteiger partial charge in [0.1, 0.15) is 5.75 Å². The van der Waals surface area contributed by atoms with Crippen LogP contribution in [0, 0.1) is 20.8 Å². The Kier molecular flexibility index (Phi) is 5.56. The maximum Gasteiger partial charge on any atom is 0.124 e. The van der Waals surface area contributed by atoms with Crippen molar-refractivity contribution in [3.63, 3.8) is 0 Å². The second-order valence-electron chi connectivity index (χ2n) is 6.40. The van der Waals surface area contributed by atoms with Gasteiger partial charge in [-0.3, -0.25) is 0 Å². The van der Waals surface area contributed by atoms with Gasteiger partial charge in [0.25, 0.3) is 0 Å². The van der Waals surface area contributed by atoms with E-state index in [4.69, 9.17) is 4.74 Å². The Balaban J connectivity index is 2.08. The number of hydrogen-bond donors (Lipinski definition) is 0. The monoisotopic (exact) mass is 348 g/mol. The molecule has 0 saturated carbocycles. The lowest BCUT2D eigenvalue weighted by Gasteiger charge is -2.23. The molecule has 0 N–H and O–H groups in total. The van der Waals surface area contributed by atoms with Gasteiger partial charge in [0.15, 0.2) is 0 Å². The molecule has 0 aliphatic carbocycles. The average Bonchev–Trinajstić information content (AvgIpc) is 2.63. The van der Waals surface area contributed by atoms with Crippen molar-refractivity contribution in [3.8, 4) is 5.75 Å². The van der Waals surface area contributed by atoms with Gasteiger partial charge >= 0.3 is 0 Å². The predicted molar refractivity (Wildman–Crippen MR) is 110 cm³/mol. The van der Waals surface area contributed by atoms with Crippen molar-refractivity contribution in [2.45, 2.75) is 26.9 Å². The van der Waals surface area contributed by atoms with Crippen LogP contribution in [0.3, 0.4) is 0 Å². The first-order valence-corrected chi connectivity index (χ1v) is 10.2. The Bertz CT molecular complexity index is 801. The van der Waals surface area contributed by atoms with Crippen LogP contribution in [-0.2, 0) is 6.16 Å². The SMILES string of the molecule is COc1c(C)cc(C)c(CP(c2ccccc2)c2ccccc2)c1C. The normalized spacial score (nSPS) is 10.9. The van der Waals surface area contributed by atoms with Crippen LogP contribution in [-0.4, -0.2) is 7.11 Å². The third-order valence-corrected chi connectivity index (χ3v) is 7.19. The Morgan fingerprint density at radius 2 is 1.28 bits per heavy atom. The van der Waals surface area contributed by atoms with Gasteiger partial charge < -0.3 is 4.74 Å². The van der Waals surface area contributed by atoms with Gasteiger partial charge in [0.05, 0.1) is 7.11 Å². The zero-order valence-corrected chi connectivity index (χ0v) is 16.3. The maximum absolute atomic E-state index is 5.67. The minimum Gasteiger partial charge on any atom is -0.496 e. The van der Waals surface area contributed by atoms with E-state index in [9.17, 15) is 0 Å². The first kappa shape index (κ1) is 17.7. The van der Waals surface area contributed by atoms with E-state index in [0.717, 1.165) is 11.9 Å². The maximum atomic E-state index is 5.67. The molecular formula is C23H25OP. The summed E-state index contributed by atoms with van der Waals surface area (Å²) in [6, 6.07) is 24.0. The van der Waals surface area contributed by atoms with E-state index < -0.39 is 7.92 Å². The van der Waals surface area contributed by atoms with E-state index in [-0.39, 0.29) is 0 Å². The van der Waals surface area contributed by atoms with Gasteiger partial charge in [-0.25, -0.2) is 0 Å². The van der Waals surface area contributed by atoms with Crippen LogP contribution in [0.5, 0.6) is 5.75 Å². The lowest BCUT2D eigenvalue weighted by molar-refractivity contribution is 0.408. The molecule has 3 aromatic carbocycles. The van der Waals surface area contributed by atoms with Crippen LogP contribution in [0.1, 0.15) is 22.3 Å². The Labute approximate surface area is 152 Å². The van der Waals surface area contributed by atoms with E-state index in [1.807, 2.05) is 0 Å². The minimum atomic E-state index is -0.442. The first-order valence-electron chi connectivity index (χ1n) is 8.63. The molecular weight excluding hydrogens is 323 g/mol. The predicted octanol–water partition coefficient (Wildman–Crippen LogP) is 5.25. The highest BCUT2D eigenvalue weighted by molar-refractivity contribution is 7.72. The van der Waals surface area contributed by atoms with E-state index >= 15 is 0 Å². The molecule has 128 valence electrons. The lowest BCUT2D eigenvalue weighted by atomic mass is 9.99. The van der Waals surface area contributed by atoms with Gasteiger partial charge in [-0.1, -0.05) is 66.7 Å². The van der Waals surface area contributed by atoms with Gasteiger partial charge in [-0.2, -0.15) is 0 Å². The summed E-state index contributed by atoms with van der Waals surface area (Å²) in [6.07, 6.45) is 1.04. The molecule has 0 radical (unpaired) electrons. The molecule has 0 unspecified atom stereocenters. The van der Waals surface area contributed by atoms with Crippen LogP contribution in [0.15, 0.2) is 66.7 Å². The molecule has 25 heavy (non-hydrogen) atoms. The van der Waals surface area contributed by atoms with Crippen molar-refractivity contribution in [1.82, 2.24) is 0 Å². The second kappa shape index (κ2) is 7.85. The zero-order valence-electron chi connectivity index (χ0n) is 15.4. The van der Waals surface area contributed by atoms with Crippen LogP contribution in [0.25, 0.3) is 0 Å². The van der Waals surface area contributed by atoms with Crippen LogP contribution >= 0.6 is 7.92 Å². The average molecular weight is 348 g/mol. The summed E-state index contributed by atoms with van der Waals surface area (Å²) >= 11 is 0. The summed E-state index contributed by atoms with van der Waals surface area (Å²) in [5.74, 6) is 1.02. The highest BCUT2D eigenvalue weighted by Gasteiger charge is 2.19. The highest BCUT2D eigenvalue weighted by Crippen LogP contribution is 2.41. The van der Waals surface area contributed by atoms with Crippen molar-refractivity contribution in [3.05, 3.63) is 89.0 Å². The summed E-state index contributed by atoms with van der Waals surface area (Å²) in [5, 5.41) is 2.84. The molecule has 3 aromatic rings. The molecule has 0 aromatic heterocycles. The van der Waals surface area contributed by atoms with Gasteiger partial charge in [0, 0.05) is 6.16 Å². The Hall–Kier alpha value is -2.11. The van der Waals surface area contributed by atoms with Gasteiger partial charge in [0.2, 0.25) is 0 Å². The zero-order chi connectivity index (χ0) is 17.8. The molecule has 0 atom stereocenters. The molecule has 0 fully saturated rings. The topological polar surface area (TPSA) is 9.23 Å². The largest absolute Gasteiger partial charge is 0.496 e. The number of aryl methyl sites for hydroxylation is 2. The number of rotatable bonds is 5. The Morgan fingerprint density at radius 1 is 0.760 bits per heavy atom. The van der Waals surface area contributed by atoms with E-state index in [1.54, 1.807) is 7.11 Å². The van der Waals surface area contributed by atoms with Crippen LogP contribution < -0.4 is 15.3 Å². The van der Waals surface area contributed by atoms with Crippen molar-refractivity contribution in [2.75, 3.05) is 7.11 Å². The molecule has 3 rings (SSSR count). The summed E-state index contributed by atoms with van der Waals surface area (Å²) in [6.45, 7) is 6.54. The number of hydrogen-bond acceptors (Lipinski definition) is 1. The quantitative estimate of drug-likeness (QED) is 0.572. The van der Waals surface area contributed by atoms with Gasteiger partial charge in [-0.05, 0) is 61.6 Å². The summed E-state index contributed by atoms with van der Waals surface area (Å²) < 4.78 is 5.67. The van der Waals surface area contributed by atoms with Crippen molar-refractivity contribution < 1.29 is 4.74 Å². The molecule has 1 nitrogen and oxygen atoms in total. The third kappa shape index (κ3) is 3.78. The van der Waals surface area contributed by atoms with Crippen molar-refractivity contribution in [2.24, 2.45) is 0 Å². The second-order valence-corrected chi connectivity index (χ2v) is 8.61. The molecule has 0 aliphatic rings. The van der Waals surface area contributed by atoms with Crippen LogP contribution in [0.4, 0.5) is 0 Å². The summed E-state index contributed by atoms with van der Waals surface area (Å²) in [4.78, 5) is 0. The van der Waals surface area contributed by atoms with Crippen molar-refractivity contribution >= 4 is 18.5 Å². The number of benzene rings is 3. The summed E-state index contributed by atoms with van der Waals surface area (Å²) in [7, 11) is 1.33. The third-order valence-electron chi connectivity index (χ3n) is 4.72. The Morgan fingerprint density at radius 3 is 1.76 bits per heavy atom. The summed E-state index contributed by atoms with van der Waals surface area (Å²) in [5.41, 5.74) is 5.26. The molecule has 0 bridgehead atoms. The van der Waals surface area contributed by atoms with Crippen molar-refractivity contribution in [1.29, 1.82) is 0 Å². The first-order chi connectivity index (χ1) is 12.1. The highest BCUT2D eigenvalue weighted by atomic mass is 31.1. The molecule has 0 aliphatic heterocycles. The number of methoxy groups -OCH3 is 1. The van der Waals surface area contributed by atoms with Gasteiger partial charge in [-0.15, -0.1) is 0 Å². The molecule has 0 saturated heterocycles. The van der Waals surface area contributed by atoms with E-state index in [0.29, 0.717) is 0 Å². The number of ether oxygens (including phenoxy) is 1. The fraction of sp³-hybridized carbons (Fsp3) is 0.217. The van der Waals surface area contributed by atoms with E-state index in [1.165, 1.54) is 32.9 Å². The lowest BCUT2D eigenvalue weighted by Crippen LogP contribution is -2.14. The smallest absolute Gasteiger partial charge is 0.124 e. The fourth-order valence-corrected chi connectivity index (χ4v) is 6.00. The minimum absolute atomic E-state index is 0.442. The van der Waals surface area contributed by atoms with E-state index in [2.05, 4.69) is 87.5 Å². The fourth-order valence-electron chi connectivity index (χ4n) is 3.47. The van der Waals surface area contributed by atoms with Crippen LogP contribution in [0.2, 0.25) is 0 Å². The molecule has 2 heteroatoms. The molecule has 0 spiro atoms. The molecule has 0 amide bonds.